The summed E-state index contributed by atoms with van der Waals surface area (Å²) in [4.78, 5) is 16.0. The van der Waals surface area contributed by atoms with Crippen LogP contribution in [0, 0.1) is 5.41 Å². The molecular formula is C16H21BrN2O3. The van der Waals surface area contributed by atoms with Crippen molar-refractivity contribution in [2.24, 2.45) is 5.41 Å². The molecule has 120 valence electrons. The van der Waals surface area contributed by atoms with Crippen LogP contribution in [0.25, 0.3) is 0 Å². The Hall–Kier alpha value is -0.980. The molecule has 1 aromatic heterocycles. The molecule has 1 saturated heterocycles. The Morgan fingerprint density at radius 2 is 2.09 bits per heavy atom. The van der Waals surface area contributed by atoms with Gasteiger partial charge in [0.1, 0.15) is 12.2 Å². The van der Waals surface area contributed by atoms with E-state index in [1.807, 2.05) is 12.1 Å². The monoisotopic (exact) mass is 368 g/mol. The maximum Gasteiger partial charge on any atom is 0.331 e. The summed E-state index contributed by atoms with van der Waals surface area (Å²) in [5, 5.41) is 3.41. The summed E-state index contributed by atoms with van der Waals surface area (Å²) >= 11 is 3.41. The first kappa shape index (κ1) is 15.9. The van der Waals surface area contributed by atoms with Gasteiger partial charge in [0.2, 0.25) is 0 Å². The van der Waals surface area contributed by atoms with Crippen LogP contribution < -0.4 is 5.32 Å². The fourth-order valence-corrected chi connectivity index (χ4v) is 3.96. The van der Waals surface area contributed by atoms with Crippen molar-refractivity contribution in [2.45, 2.75) is 31.3 Å². The van der Waals surface area contributed by atoms with Gasteiger partial charge in [0, 0.05) is 10.7 Å². The molecule has 1 aliphatic heterocycles. The molecule has 22 heavy (non-hydrogen) atoms. The molecule has 1 N–H and O–H groups in total. The lowest BCUT2D eigenvalue weighted by Gasteiger charge is -2.57. The van der Waals surface area contributed by atoms with Gasteiger partial charge in [0.05, 0.1) is 12.8 Å². The van der Waals surface area contributed by atoms with Gasteiger partial charge in [-0.15, -0.1) is 0 Å². The second kappa shape index (κ2) is 6.26. The minimum Gasteiger partial charge on any atom is -0.467 e. The van der Waals surface area contributed by atoms with Crippen LogP contribution >= 0.6 is 15.9 Å². The zero-order chi connectivity index (χ0) is 15.6. The topological polar surface area (TPSA) is 60.5 Å². The van der Waals surface area contributed by atoms with Crippen molar-refractivity contribution in [1.82, 2.24) is 10.3 Å². The highest BCUT2D eigenvalue weighted by atomic mass is 79.9. The first-order valence-corrected chi connectivity index (χ1v) is 8.40. The molecule has 2 heterocycles. The molecule has 1 aliphatic carbocycles. The number of halogens is 1. The van der Waals surface area contributed by atoms with Crippen LogP contribution in [-0.4, -0.2) is 37.8 Å². The quantitative estimate of drug-likeness (QED) is 0.826. The predicted octanol–water partition coefficient (Wildman–Crippen LogP) is 2.39. The molecule has 2 aliphatic rings. The maximum atomic E-state index is 11.5. The van der Waals surface area contributed by atoms with E-state index >= 15 is 0 Å². The maximum absolute atomic E-state index is 11.5. The first-order valence-electron chi connectivity index (χ1n) is 7.61. The van der Waals surface area contributed by atoms with Crippen LogP contribution in [0.5, 0.6) is 0 Å². The number of rotatable bonds is 4. The van der Waals surface area contributed by atoms with E-state index < -0.39 is 5.60 Å². The van der Waals surface area contributed by atoms with Gasteiger partial charge in [-0.05, 0) is 72.3 Å². The molecule has 0 bridgehead atoms. The molecule has 0 unspecified atom stereocenters. The smallest absolute Gasteiger partial charge is 0.331 e. The number of piperidine rings is 1. The molecule has 5 nitrogen and oxygen atoms in total. The van der Waals surface area contributed by atoms with Gasteiger partial charge in [-0.1, -0.05) is 0 Å². The highest BCUT2D eigenvalue weighted by Crippen LogP contribution is 2.60. The van der Waals surface area contributed by atoms with Gasteiger partial charge in [-0.25, -0.2) is 4.79 Å². The molecule has 1 saturated carbocycles. The van der Waals surface area contributed by atoms with Gasteiger partial charge in [-0.2, -0.15) is 0 Å². The summed E-state index contributed by atoms with van der Waals surface area (Å²) in [6.07, 6.45) is 5.95. The van der Waals surface area contributed by atoms with E-state index in [-0.39, 0.29) is 12.6 Å². The average molecular weight is 369 g/mol. The lowest BCUT2D eigenvalue weighted by atomic mass is 9.54. The highest BCUT2D eigenvalue weighted by Gasteiger charge is 2.57. The second-order valence-electron chi connectivity index (χ2n) is 6.32. The second-order valence-corrected chi connectivity index (χ2v) is 7.24. The van der Waals surface area contributed by atoms with E-state index in [0.717, 1.165) is 48.9 Å². The van der Waals surface area contributed by atoms with Gasteiger partial charge in [0.15, 0.2) is 0 Å². The third-order valence-electron chi connectivity index (χ3n) is 4.87. The Morgan fingerprint density at radius 1 is 1.36 bits per heavy atom. The Balaban J connectivity index is 1.78. The third-order valence-corrected chi connectivity index (χ3v) is 5.34. The van der Waals surface area contributed by atoms with Gasteiger partial charge >= 0.3 is 5.97 Å². The van der Waals surface area contributed by atoms with Crippen LogP contribution in [0.2, 0.25) is 0 Å². The summed E-state index contributed by atoms with van der Waals surface area (Å²) in [6.45, 7) is 2.09. The first-order chi connectivity index (χ1) is 10.6. The summed E-state index contributed by atoms with van der Waals surface area (Å²) in [7, 11) is 1.38. The van der Waals surface area contributed by atoms with Crippen LogP contribution in [0.3, 0.4) is 0 Å². The van der Waals surface area contributed by atoms with Crippen molar-refractivity contribution >= 4 is 21.9 Å². The van der Waals surface area contributed by atoms with Crippen molar-refractivity contribution in [3.8, 4) is 0 Å². The van der Waals surface area contributed by atoms with Crippen molar-refractivity contribution in [2.75, 3.05) is 26.8 Å². The van der Waals surface area contributed by atoms with Crippen molar-refractivity contribution in [1.29, 1.82) is 0 Å². The standard InChI is InChI=1S/C16H21BrN2O3/c1-21-14(20)9-22-16(13-3-2-12(17)8-19-13)10-15(11-16)4-6-18-7-5-15/h2-3,8,18H,4-7,9-11H2,1H3. The third kappa shape index (κ3) is 3.05. The molecule has 2 fully saturated rings. The minimum atomic E-state index is -0.452. The predicted molar refractivity (Wildman–Crippen MR) is 85.4 cm³/mol. The number of methoxy groups -OCH3 is 1. The van der Waals surface area contributed by atoms with Crippen LogP contribution in [0.4, 0.5) is 0 Å². The van der Waals surface area contributed by atoms with Crippen LogP contribution in [-0.2, 0) is 19.9 Å². The number of esters is 1. The molecule has 0 radical (unpaired) electrons. The van der Waals surface area contributed by atoms with E-state index in [1.54, 1.807) is 6.20 Å². The van der Waals surface area contributed by atoms with E-state index in [2.05, 4.69) is 26.2 Å². The van der Waals surface area contributed by atoms with Crippen molar-refractivity contribution in [3.63, 3.8) is 0 Å². The molecule has 0 atom stereocenters. The van der Waals surface area contributed by atoms with Gasteiger partial charge in [0.25, 0.3) is 0 Å². The number of carbonyl (C=O) groups is 1. The number of ether oxygens (including phenoxy) is 2. The number of hydrogen-bond acceptors (Lipinski definition) is 5. The number of nitrogens with zero attached hydrogens (tertiary/aromatic N) is 1. The normalized spacial score (nSPS) is 22.1. The molecule has 1 spiro atoms. The fourth-order valence-electron chi connectivity index (χ4n) is 3.73. The molecule has 3 rings (SSSR count). The van der Waals surface area contributed by atoms with E-state index in [4.69, 9.17) is 9.47 Å². The minimum absolute atomic E-state index is 0.0252. The number of carbonyl (C=O) groups excluding carboxylic acids is 1. The largest absolute Gasteiger partial charge is 0.467 e. The number of hydrogen-bond donors (Lipinski definition) is 1. The average Bonchev–Trinajstić information content (AvgIpc) is 2.52. The Morgan fingerprint density at radius 3 is 2.68 bits per heavy atom. The summed E-state index contributed by atoms with van der Waals surface area (Å²) in [5.41, 5.74) is 0.784. The number of aromatic nitrogens is 1. The molecular weight excluding hydrogens is 348 g/mol. The molecule has 0 amide bonds. The Kier molecular flexibility index (Phi) is 4.52. The molecule has 6 heteroatoms. The Labute approximate surface area is 138 Å². The summed E-state index contributed by atoms with van der Waals surface area (Å²) < 4.78 is 11.6. The van der Waals surface area contributed by atoms with Gasteiger partial charge < -0.3 is 14.8 Å². The molecule has 0 aromatic carbocycles. The van der Waals surface area contributed by atoms with Gasteiger partial charge in [-0.3, -0.25) is 4.98 Å². The Bertz CT molecular complexity index is 533. The highest BCUT2D eigenvalue weighted by molar-refractivity contribution is 9.10. The van der Waals surface area contributed by atoms with E-state index in [0.29, 0.717) is 5.41 Å². The SMILES string of the molecule is COC(=O)COC1(c2ccc(Br)cn2)CC2(CCNCC2)C1. The van der Waals surface area contributed by atoms with Crippen LogP contribution in [0.15, 0.2) is 22.8 Å². The van der Waals surface area contributed by atoms with Crippen LogP contribution in [0.1, 0.15) is 31.4 Å². The fraction of sp³-hybridized carbons (Fsp3) is 0.625. The lowest BCUT2D eigenvalue weighted by Crippen LogP contribution is -2.55. The number of nitrogens with one attached hydrogen (secondary N) is 1. The number of pyridine rings is 1. The van der Waals surface area contributed by atoms with E-state index in [9.17, 15) is 4.79 Å². The summed E-state index contributed by atoms with van der Waals surface area (Å²) in [5.74, 6) is -0.345. The van der Waals surface area contributed by atoms with Crippen molar-refractivity contribution in [3.05, 3.63) is 28.5 Å². The zero-order valence-electron chi connectivity index (χ0n) is 12.7. The lowest BCUT2D eigenvalue weighted by molar-refractivity contribution is -0.197. The molecule has 1 aromatic rings. The zero-order valence-corrected chi connectivity index (χ0v) is 14.3. The summed E-state index contributed by atoms with van der Waals surface area (Å²) in [6, 6.07) is 3.95. The van der Waals surface area contributed by atoms with E-state index in [1.165, 1.54) is 7.11 Å². The van der Waals surface area contributed by atoms with Crippen molar-refractivity contribution < 1.29 is 14.3 Å².